The van der Waals surface area contributed by atoms with Crippen molar-refractivity contribution < 1.29 is 14.3 Å². The number of ether oxygens (including phenoxy) is 2. The van der Waals surface area contributed by atoms with Crippen LogP contribution in [-0.4, -0.2) is 23.7 Å². The molecule has 1 N–H and O–H groups in total. The minimum absolute atomic E-state index is 0.211. The van der Waals surface area contributed by atoms with Gasteiger partial charge in [-0.1, -0.05) is 29.8 Å². The van der Waals surface area contributed by atoms with Crippen molar-refractivity contribution in [3.05, 3.63) is 87.3 Å². The lowest BCUT2D eigenvalue weighted by atomic mass is 10.2. The standard InChI is InChI=1S/C22H19ClN2O4/c23-18-5-2-1-4-15(18)13-25-14-16(6-9-21(25)26)22(27)24-17-7-8-19-20(12-17)29-11-3-10-28-19/h1-2,4-9,12,14H,3,10-11,13H2,(H,24,27). The van der Waals surface area contributed by atoms with Gasteiger partial charge in [0.05, 0.1) is 25.3 Å². The summed E-state index contributed by atoms with van der Waals surface area (Å²) in [5, 5.41) is 3.41. The molecule has 0 atom stereocenters. The minimum Gasteiger partial charge on any atom is -0.490 e. The van der Waals surface area contributed by atoms with Crippen LogP contribution in [0.15, 0.2) is 65.6 Å². The van der Waals surface area contributed by atoms with Crippen LogP contribution >= 0.6 is 11.6 Å². The lowest BCUT2D eigenvalue weighted by Gasteiger charge is -2.12. The number of amides is 1. The monoisotopic (exact) mass is 410 g/mol. The zero-order chi connectivity index (χ0) is 20.2. The van der Waals surface area contributed by atoms with Crippen molar-refractivity contribution in [1.29, 1.82) is 0 Å². The Labute approximate surface area is 172 Å². The maximum Gasteiger partial charge on any atom is 0.257 e. The van der Waals surface area contributed by atoms with Crippen LogP contribution in [-0.2, 0) is 6.54 Å². The predicted molar refractivity (Wildman–Crippen MR) is 111 cm³/mol. The van der Waals surface area contributed by atoms with Gasteiger partial charge in [0.1, 0.15) is 0 Å². The average molecular weight is 411 g/mol. The highest BCUT2D eigenvalue weighted by atomic mass is 35.5. The lowest BCUT2D eigenvalue weighted by Crippen LogP contribution is -2.22. The molecule has 1 aliphatic rings. The van der Waals surface area contributed by atoms with Crippen LogP contribution in [0, 0.1) is 0 Å². The fraction of sp³-hybridized carbons (Fsp3) is 0.182. The Kier molecular flexibility index (Phi) is 5.53. The third-order valence-corrected chi connectivity index (χ3v) is 4.92. The summed E-state index contributed by atoms with van der Waals surface area (Å²) in [5.74, 6) is 0.935. The summed E-state index contributed by atoms with van der Waals surface area (Å²) < 4.78 is 12.7. The number of aromatic nitrogens is 1. The highest BCUT2D eigenvalue weighted by molar-refractivity contribution is 6.31. The molecule has 0 radical (unpaired) electrons. The highest BCUT2D eigenvalue weighted by Gasteiger charge is 2.13. The molecule has 6 nitrogen and oxygen atoms in total. The normalized spacial score (nSPS) is 12.9. The van der Waals surface area contributed by atoms with Crippen LogP contribution in [0.25, 0.3) is 0 Å². The fourth-order valence-electron chi connectivity index (χ4n) is 3.04. The van der Waals surface area contributed by atoms with Gasteiger partial charge in [-0.05, 0) is 29.8 Å². The number of halogens is 1. The molecule has 2 aromatic carbocycles. The van der Waals surface area contributed by atoms with Crippen molar-refractivity contribution in [2.75, 3.05) is 18.5 Å². The second-order valence-electron chi connectivity index (χ2n) is 6.64. The summed E-state index contributed by atoms with van der Waals surface area (Å²) in [7, 11) is 0. The fourth-order valence-corrected chi connectivity index (χ4v) is 3.24. The van der Waals surface area contributed by atoms with E-state index in [0.29, 0.717) is 41.0 Å². The number of fused-ring (bicyclic) bond motifs is 1. The Morgan fingerprint density at radius 2 is 1.83 bits per heavy atom. The lowest BCUT2D eigenvalue weighted by molar-refractivity contribution is 0.102. The van der Waals surface area contributed by atoms with Gasteiger partial charge in [-0.15, -0.1) is 0 Å². The van der Waals surface area contributed by atoms with Crippen LogP contribution < -0.4 is 20.3 Å². The number of rotatable bonds is 4. The molecule has 7 heteroatoms. The molecule has 148 valence electrons. The Bertz CT molecular complexity index is 1110. The van der Waals surface area contributed by atoms with Crippen molar-refractivity contribution in [1.82, 2.24) is 4.57 Å². The molecule has 0 spiro atoms. The maximum absolute atomic E-state index is 12.7. The first-order valence-corrected chi connectivity index (χ1v) is 9.63. The van der Waals surface area contributed by atoms with Gasteiger partial charge in [0.15, 0.2) is 11.5 Å². The first kappa shape index (κ1) is 19.1. The van der Waals surface area contributed by atoms with E-state index in [9.17, 15) is 9.59 Å². The zero-order valence-corrected chi connectivity index (χ0v) is 16.3. The van der Waals surface area contributed by atoms with E-state index in [2.05, 4.69) is 5.32 Å². The second kappa shape index (κ2) is 8.41. The first-order valence-electron chi connectivity index (χ1n) is 9.25. The van der Waals surface area contributed by atoms with E-state index in [1.165, 1.54) is 22.9 Å². The van der Waals surface area contributed by atoms with Crippen molar-refractivity contribution in [2.45, 2.75) is 13.0 Å². The summed E-state index contributed by atoms with van der Waals surface area (Å²) in [6.07, 6.45) is 2.34. The molecule has 0 fully saturated rings. The van der Waals surface area contributed by atoms with Crippen LogP contribution in [0.2, 0.25) is 5.02 Å². The number of carbonyl (C=O) groups is 1. The van der Waals surface area contributed by atoms with Crippen LogP contribution in [0.1, 0.15) is 22.3 Å². The van der Waals surface area contributed by atoms with Gasteiger partial charge < -0.3 is 19.4 Å². The van der Waals surface area contributed by atoms with Gasteiger partial charge in [-0.3, -0.25) is 9.59 Å². The number of hydrogen-bond donors (Lipinski definition) is 1. The third kappa shape index (κ3) is 4.43. The van der Waals surface area contributed by atoms with Crippen LogP contribution in [0.4, 0.5) is 5.69 Å². The Balaban J connectivity index is 1.54. The number of anilines is 1. The molecular weight excluding hydrogens is 392 g/mol. The summed E-state index contributed by atoms with van der Waals surface area (Å²) >= 11 is 6.19. The zero-order valence-electron chi connectivity index (χ0n) is 15.6. The molecule has 0 saturated heterocycles. The maximum atomic E-state index is 12.7. The van der Waals surface area contributed by atoms with Crippen molar-refractivity contribution in [3.8, 4) is 11.5 Å². The molecule has 29 heavy (non-hydrogen) atoms. The van der Waals surface area contributed by atoms with Gasteiger partial charge in [0.2, 0.25) is 0 Å². The van der Waals surface area contributed by atoms with Gasteiger partial charge in [0, 0.05) is 35.5 Å². The Hall–Kier alpha value is -3.25. The van der Waals surface area contributed by atoms with Gasteiger partial charge in [0.25, 0.3) is 11.5 Å². The Morgan fingerprint density at radius 1 is 1.03 bits per heavy atom. The summed E-state index contributed by atoms with van der Waals surface area (Å²) in [6.45, 7) is 1.45. The molecule has 0 saturated carbocycles. The van der Waals surface area contributed by atoms with Crippen molar-refractivity contribution in [3.63, 3.8) is 0 Å². The smallest absolute Gasteiger partial charge is 0.257 e. The van der Waals surface area contributed by atoms with E-state index in [-0.39, 0.29) is 18.0 Å². The van der Waals surface area contributed by atoms with Gasteiger partial charge in [-0.25, -0.2) is 0 Å². The molecule has 1 aliphatic heterocycles. The number of hydrogen-bond acceptors (Lipinski definition) is 4. The Morgan fingerprint density at radius 3 is 2.66 bits per heavy atom. The number of nitrogens with zero attached hydrogens (tertiary/aromatic N) is 1. The molecule has 1 amide bonds. The second-order valence-corrected chi connectivity index (χ2v) is 7.05. The number of nitrogens with one attached hydrogen (secondary N) is 1. The molecule has 2 heterocycles. The number of carbonyl (C=O) groups excluding carboxylic acids is 1. The van der Waals surface area contributed by atoms with Crippen LogP contribution in [0.3, 0.4) is 0 Å². The molecule has 0 bridgehead atoms. The summed E-state index contributed by atoms with van der Waals surface area (Å²) in [5.41, 5.74) is 1.54. The molecule has 1 aromatic heterocycles. The molecule has 3 aromatic rings. The van der Waals surface area contributed by atoms with E-state index < -0.39 is 0 Å². The largest absolute Gasteiger partial charge is 0.490 e. The molecule has 4 rings (SSSR count). The quantitative estimate of drug-likeness (QED) is 0.706. The van der Waals surface area contributed by atoms with Crippen molar-refractivity contribution >= 4 is 23.2 Å². The van der Waals surface area contributed by atoms with E-state index in [4.69, 9.17) is 21.1 Å². The minimum atomic E-state index is -0.326. The topological polar surface area (TPSA) is 69.6 Å². The van der Waals surface area contributed by atoms with E-state index in [1.807, 2.05) is 18.2 Å². The summed E-state index contributed by atoms with van der Waals surface area (Å²) in [6, 6.07) is 15.4. The SMILES string of the molecule is O=C(Nc1ccc2c(c1)OCCCO2)c1ccc(=O)n(Cc2ccccc2Cl)c1. The predicted octanol–water partition coefficient (Wildman–Crippen LogP) is 3.96. The number of pyridine rings is 1. The number of benzene rings is 2. The first-order chi connectivity index (χ1) is 14.1. The highest BCUT2D eigenvalue weighted by Crippen LogP contribution is 2.32. The van der Waals surface area contributed by atoms with Crippen LogP contribution in [0.5, 0.6) is 11.5 Å². The van der Waals surface area contributed by atoms with E-state index in [0.717, 1.165) is 12.0 Å². The average Bonchev–Trinajstić information content (AvgIpc) is 2.96. The molecule has 0 aliphatic carbocycles. The van der Waals surface area contributed by atoms with Gasteiger partial charge in [-0.2, -0.15) is 0 Å². The third-order valence-electron chi connectivity index (χ3n) is 4.55. The molecule has 0 unspecified atom stereocenters. The summed E-state index contributed by atoms with van der Waals surface area (Å²) in [4.78, 5) is 24.9. The van der Waals surface area contributed by atoms with E-state index >= 15 is 0 Å². The van der Waals surface area contributed by atoms with Crippen molar-refractivity contribution in [2.24, 2.45) is 0 Å². The van der Waals surface area contributed by atoms with Gasteiger partial charge >= 0.3 is 0 Å². The van der Waals surface area contributed by atoms with E-state index in [1.54, 1.807) is 24.3 Å². The molecular formula is C22H19ClN2O4.